The summed E-state index contributed by atoms with van der Waals surface area (Å²) >= 11 is 0. The Morgan fingerprint density at radius 1 is 0.396 bits per heavy atom. The van der Waals surface area contributed by atoms with Crippen LogP contribution in [-0.4, -0.2) is 98.8 Å². The topological polar surface area (TPSA) is 311 Å². The van der Waals surface area contributed by atoms with Gasteiger partial charge in [-0.1, -0.05) is 140 Å². The van der Waals surface area contributed by atoms with Gasteiger partial charge in [-0.2, -0.15) is 0 Å². The van der Waals surface area contributed by atoms with Crippen LogP contribution in [0.3, 0.4) is 0 Å². The lowest BCUT2D eigenvalue weighted by molar-refractivity contribution is 0.0792. The average Bonchev–Trinajstić information content (AvgIpc) is 1.48. The number of hydrogen-bond donors (Lipinski definition) is 9. The monoisotopic (exact) mass is 1360 g/mol. The predicted octanol–water partition coefficient (Wildman–Crippen LogP) is 14.0. The van der Waals surface area contributed by atoms with E-state index in [2.05, 4.69) is 48.8 Å². The number of benzene rings is 9. The highest BCUT2D eigenvalue weighted by Crippen LogP contribution is 2.35. The van der Waals surface area contributed by atoms with Crippen LogP contribution in [0.15, 0.2) is 200 Å². The summed E-state index contributed by atoms with van der Waals surface area (Å²) in [6.45, 7) is 5.33. The lowest BCUT2D eigenvalue weighted by Gasteiger charge is -2.21. The van der Waals surface area contributed by atoms with Crippen molar-refractivity contribution in [3.63, 3.8) is 0 Å². The van der Waals surface area contributed by atoms with Gasteiger partial charge in [0.05, 0.1) is 75.5 Å². The summed E-state index contributed by atoms with van der Waals surface area (Å²) in [6, 6.07) is 61.7. The van der Waals surface area contributed by atoms with Crippen LogP contribution in [0.2, 0.25) is 0 Å². The average molecular weight is 1360 g/mol. The molecule has 0 aliphatic heterocycles. The normalized spacial score (nSPS) is 12.6. The van der Waals surface area contributed by atoms with Crippen molar-refractivity contribution in [2.75, 3.05) is 43.9 Å². The number of imidazole rings is 3. The summed E-state index contributed by atoms with van der Waals surface area (Å²) in [4.78, 5) is 23.7. The minimum atomic E-state index is -3.40. The molecule has 3 heterocycles. The molecule has 0 amide bonds. The first-order chi connectivity index (χ1) is 45.4. The summed E-state index contributed by atoms with van der Waals surface area (Å²) in [7, 11) is -13.3. The van der Waals surface area contributed by atoms with Crippen LogP contribution in [0.4, 0.5) is 22.7 Å². The van der Waals surface area contributed by atoms with Crippen molar-refractivity contribution in [2.24, 2.45) is 0 Å². The molecule has 9 N–H and O–H groups in total. The van der Waals surface area contributed by atoms with Crippen molar-refractivity contribution in [1.82, 2.24) is 29.9 Å². The molecule has 1 unspecified atom stereocenters. The number of fused-ring (bicyclic) bond motifs is 3. The van der Waals surface area contributed by atoms with E-state index in [0.717, 1.165) is 119 Å². The van der Waals surface area contributed by atoms with Gasteiger partial charge in [0.15, 0.2) is 0 Å². The summed E-state index contributed by atoms with van der Waals surface area (Å²) in [5.74, 6) is 2.09. The Morgan fingerprint density at radius 2 is 0.719 bits per heavy atom. The summed E-state index contributed by atoms with van der Waals surface area (Å²) in [5.41, 5.74) is 16.3. The van der Waals surface area contributed by atoms with E-state index in [-0.39, 0.29) is 0 Å². The minimum absolute atomic E-state index is 0.497. The number of rotatable bonds is 19. The van der Waals surface area contributed by atoms with Crippen molar-refractivity contribution in [3.05, 3.63) is 245 Å². The van der Waals surface area contributed by atoms with Crippen LogP contribution >= 0.6 is 0 Å². The number of para-hydroxylation sites is 1. The van der Waals surface area contributed by atoms with Gasteiger partial charge in [-0.05, 0) is 173 Å². The highest BCUT2D eigenvalue weighted by molar-refractivity contribution is 7.92. The zero-order valence-electron chi connectivity index (χ0n) is 53.2. The fourth-order valence-electron chi connectivity index (χ4n) is 10.4. The maximum atomic E-state index is 11.7. The Labute approximate surface area is 557 Å². The molecule has 0 aliphatic carbocycles. The van der Waals surface area contributed by atoms with E-state index in [4.69, 9.17) is 0 Å². The molecule has 96 heavy (non-hydrogen) atoms. The molecule has 20 nitrogen and oxygen atoms in total. The first kappa shape index (κ1) is 68.4. The van der Waals surface area contributed by atoms with Gasteiger partial charge in [0.2, 0.25) is 40.1 Å². The standard InChI is InChI=1S/C25H25N3O3S.C24H23N3O3S.C23H22N4O4S2/c1-25(2,29)21-7-5-4-6-20(21)18-11-14-22-23(16-18)27-24(26-22)15-10-17-8-12-19(13-9-17)28-32(3,30)31;1-16(28)20-5-3-4-6-21(20)18-10-13-22-23(15-18)26-24(25-22)14-9-17-7-11-19(12-8-17)27-31(2,29)30;1-32(28,29)26-18-11-7-16(8-12-18)9-14-23-24-21-13-10-17(15-22(21)25-23)19-5-3-4-6-20(19)27-33(2,30)31/h4-16,28-29H,1-3H3,(H,26,27);3-16,27-28H,1-2H3,(H,25,26);3-15,26-27H,1-2H3,(H,24,25)/b15-10+;2*14-9+. The molecule has 3 aromatic heterocycles. The van der Waals surface area contributed by atoms with Crippen LogP contribution in [0.5, 0.6) is 0 Å². The molecule has 0 radical (unpaired) electrons. The highest BCUT2D eigenvalue weighted by atomic mass is 32.2. The molecule has 1 atom stereocenters. The number of aliphatic hydroxyl groups excluding tert-OH is 1. The lowest BCUT2D eigenvalue weighted by Crippen LogP contribution is -2.16. The van der Waals surface area contributed by atoms with Crippen LogP contribution in [0, 0.1) is 0 Å². The van der Waals surface area contributed by atoms with Crippen molar-refractivity contribution < 1.29 is 43.9 Å². The molecule has 9 aromatic carbocycles. The number of aliphatic hydroxyl groups is 2. The summed E-state index contributed by atoms with van der Waals surface area (Å²) < 4.78 is 101. The van der Waals surface area contributed by atoms with Gasteiger partial charge in [-0.15, -0.1) is 0 Å². The summed E-state index contributed by atoms with van der Waals surface area (Å²) in [5, 5.41) is 20.6. The molecule has 492 valence electrons. The van der Waals surface area contributed by atoms with E-state index in [1.54, 1.807) is 81.4 Å². The maximum absolute atomic E-state index is 11.7. The van der Waals surface area contributed by atoms with E-state index in [9.17, 15) is 43.9 Å². The smallest absolute Gasteiger partial charge is 0.229 e. The number of nitrogens with one attached hydrogen (secondary N) is 7. The molecule has 0 saturated heterocycles. The number of aromatic amines is 3. The number of H-pyrrole nitrogens is 3. The zero-order valence-corrected chi connectivity index (χ0v) is 56.5. The fourth-order valence-corrected chi connectivity index (χ4v) is 12.7. The first-order valence-electron chi connectivity index (χ1n) is 29.9. The van der Waals surface area contributed by atoms with Crippen LogP contribution in [0.25, 0.3) is 103 Å². The molecule has 24 heteroatoms. The highest BCUT2D eigenvalue weighted by Gasteiger charge is 2.21. The van der Waals surface area contributed by atoms with E-state index >= 15 is 0 Å². The van der Waals surface area contributed by atoms with Crippen molar-refractivity contribution >= 4 is 132 Å². The Balaban J connectivity index is 0.000000157. The molecular weight excluding hydrogens is 1290 g/mol. The van der Waals surface area contributed by atoms with E-state index in [1.807, 2.05) is 176 Å². The predicted molar refractivity (Wildman–Crippen MR) is 390 cm³/mol. The number of hydrogen-bond acceptors (Lipinski definition) is 13. The van der Waals surface area contributed by atoms with Gasteiger partial charge in [0.1, 0.15) is 17.5 Å². The van der Waals surface area contributed by atoms with Crippen LogP contribution in [0.1, 0.15) is 72.2 Å². The minimum Gasteiger partial charge on any atom is -0.389 e. The van der Waals surface area contributed by atoms with Gasteiger partial charge in [0.25, 0.3) is 0 Å². The largest absolute Gasteiger partial charge is 0.389 e. The first-order valence-corrected chi connectivity index (χ1v) is 37.4. The van der Waals surface area contributed by atoms with Crippen molar-refractivity contribution in [3.8, 4) is 33.4 Å². The Bertz CT molecular complexity index is 5370. The van der Waals surface area contributed by atoms with E-state index < -0.39 is 51.8 Å². The van der Waals surface area contributed by atoms with E-state index in [0.29, 0.717) is 40.2 Å². The van der Waals surface area contributed by atoms with Gasteiger partial charge < -0.3 is 25.2 Å². The third-order valence-corrected chi connectivity index (χ3v) is 17.0. The van der Waals surface area contributed by atoms with Crippen LogP contribution < -0.4 is 18.9 Å². The molecular formula is C72H70N10O10S4. The van der Waals surface area contributed by atoms with E-state index in [1.165, 1.54) is 0 Å². The second-order valence-corrected chi connectivity index (χ2v) is 30.3. The molecule has 0 fully saturated rings. The molecule has 0 spiro atoms. The number of aromatic nitrogens is 6. The van der Waals surface area contributed by atoms with Crippen molar-refractivity contribution in [2.45, 2.75) is 32.5 Å². The number of sulfonamides is 4. The third-order valence-electron chi connectivity index (χ3n) is 14.6. The molecule has 12 rings (SSSR count). The maximum Gasteiger partial charge on any atom is 0.229 e. The Morgan fingerprint density at radius 3 is 1.08 bits per heavy atom. The zero-order chi connectivity index (χ0) is 68.6. The molecule has 0 aliphatic rings. The van der Waals surface area contributed by atoms with Gasteiger partial charge in [-0.25, -0.2) is 48.6 Å². The lowest BCUT2D eigenvalue weighted by atomic mass is 9.89. The second kappa shape index (κ2) is 28.6. The number of anilines is 4. The van der Waals surface area contributed by atoms with Gasteiger partial charge >= 0.3 is 0 Å². The Kier molecular flexibility index (Phi) is 20.4. The number of nitrogens with zero attached hydrogens (tertiary/aromatic N) is 3. The van der Waals surface area contributed by atoms with Crippen LogP contribution in [-0.2, 0) is 45.7 Å². The summed E-state index contributed by atoms with van der Waals surface area (Å²) in [6.07, 6.45) is 15.2. The van der Waals surface area contributed by atoms with Crippen molar-refractivity contribution in [1.29, 1.82) is 0 Å². The SMILES string of the molecule is CC(C)(O)c1ccccc1-c1ccc2nc(/C=C/c3ccc(NS(C)(=O)=O)cc3)[nH]c2c1.CC(O)c1ccccc1-c1ccc2nc(/C=C/c3ccc(NS(C)(=O)=O)cc3)[nH]c2c1.CS(=O)(=O)Nc1ccc(/C=C/c2nc3ccc(-c4ccccc4NS(C)(=O)=O)cc3[nH]2)cc1. The molecule has 12 aromatic rings. The fraction of sp³-hybridized carbons (Fsp3) is 0.125. The second-order valence-electron chi connectivity index (χ2n) is 23.3. The van der Waals surface area contributed by atoms with Gasteiger partial charge in [0, 0.05) is 22.6 Å². The third kappa shape index (κ3) is 19.1. The van der Waals surface area contributed by atoms with Gasteiger partial charge in [-0.3, -0.25) is 18.9 Å². The quantitative estimate of drug-likeness (QED) is 0.0364. The Hall–Kier alpha value is -10.5. The molecule has 0 bridgehead atoms. The molecule has 0 saturated carbocycles.